The number of aliphatic hydroxyl groups excluding tert-OH is 1. The van der Waals surface area contributed by atoms with Crippen molar-refractivity contribution in [2.75, 3.05) is 6.61 Å². The maximum atomic E-state index is 8.55. The van der Waals surface area contributed by atoms with Gasteiger partial charge in [0.1, 0.15) is 0 Å². The minimum absolute atomic E-state index is 0.0406. The smallest absolute Gasteiger partial charge is 0.0615 e. The summed E-state index contributed by atoms with van der Waals surface area (Å²) in [4.78, 5) is 0. The zero-order valence-corrected chi connectivity index (χ0v) is 8.64. The number of hydrogen-bond acceptors (Lipinski definition) is 1. The molecule has 12 heavy (non-hydrogen) atoms. The lowest BCUT2D eigenvalue weighted by atomic mass is 10.2. The molecule has 0 spiro atoms. The summed E-state index contributed by atoms with van der Waals surface area (Å²) < 4.78 is 0.969. The van der Waals surface area contributed by atoms with Crippen molar-refractivity contribution in [1.29, 1.82) is 0 Å². The molecule has 0 fully saturated rings. The monoisotopic (exact) mass is 246 g/mol. The lowest BCUT2D eigenvalue weighted by Gasteiger charge is -1.98. The van der Waals surface area contributed by atoms with Gasteiger partial charge in [-0.15, -0.1) is 0 Å². The topological polar surface area (TPSA) is 20.2 Å². The van der Waals surface area contributed by atoms with Crippen LogP contribution in [0.4, 0.5) is 0 Å². The maximum absolute atomic E-state index is 8.55. The molecule has 1 aromatic rings. The predicted molar refractivity (Wildman–Crippen MR) is 55.3 cm³/mol. The summed E-state index contributed by atoms with van der Waals surface area (Å²) in [5.41, 5.74) is 0.969. The molecule has 0 radical (unpaired) electrons. The summed E-state index contributed by atoms with van der Waals surface area (Å²) in [5.74, 6) is 0. The highest BCUT2D eigenvalue weighted by Crippen LogP contribution is 2.22. The van der Waals surface area contributed by atoms with Crippen molar-refractivity contribution in [1.82, 2.24) is 0 Å². The van der Waals surface area contributed by atoms with Crippen molar-refractivity contribution in [3.63, 3.8) is 0 Å². The zero-order valence-electron chi connectivity index (χ0n) is 6.30. The molecule has 3 heteroatoms. The van der Waals surface area contributed by atoms with Gasteiger partial charge < -0.3 is 5.11 Å². The van der Waals surface area contributed by atoms with E-state index >= 15 is 0 Å². The molecule has 0 aliphatic carbocycles. The molecule has 0 saturated heterocycles. The Kier molecular flexibility index (Phi) is 3.79. The predicted octanol–water partition coefficient (Wildman–Crippen LogP) is 3.11. The van der Waals surface area contributed by atoms with Gasteiger partial charge in [0.15, 0.2) is 0 Å². The summed E-state index contributed by atoms with van der Waals surface area (Å²) in [5, 5.41) is 9.24. The molecule has 64 valence electrons. The minimum atomic E-state index is 0.0406. The van der Waals surface area contributed by atoms with Crippen molar-refractivity contribution >= 4 is 33.6 Å². The lowest BCUT2D eigenvalue weighted by molar-refractivity contribution is 0.343. The van der Waals surface area contributed by atoms with E-state index in [1.165, 1.54) is 0 Å². The van der Waals surface area contributed by atoms with Crippen molar-refractivity contribution in [3.05, 3.63) is 39.3 Å². The first-order valence-corrected chi connectivity index (χ1v) is 4.63. The van der Waals surface area contributed by atoms with Crippen molar-refractivity contribution in [2.45, 2.75) is 0 Å². The Hall–Kier alpha value is -0.310. The van der Waals surface area contributed by atoms with Gasteiger partial charge in [0, 0.05) is 9.50 Å². The molecular formula is C9H8BrClO. The highest BCUT2D eigenvalue weighted by molar-refractivity contribution is 9.10. The van der Waals surface area contributed by atoms with Gasteiger partial charge in [-0.05, 0) is 23.8 Å². The standard InChI is InChI=1S/C9H8BrClO/c10-9-4-3-8(11)6-7(9)2-1-5-12/h1-4,6,12H,5H2/b2-1+. The Balaban J connectivity index is 2.97. The van der Waals surface area contributed by atoms with Crippen LogP contribution in [0.5, 0.6) is 0 Å². The van der Waals surface area contributed by atoms with Gasteiger partial charge in [0.25, 0.3) is 0 Å². The van der Waals surface area contributed by atoms with Gasteiger partial charge in [-0.2, -0.15) is 0 Å². The SMILES string of the molecule is OC/C=C/c1cc(Cl)ccc1Br. The molecule has 0 unspecified atom stereocenters. The quantitative estimate of drug-likeness (QED) is 0.851. The average Bonchev–Trinajstić information content (AvgIpc) is 2.07. The van der Waals surface area contributed by atoms with Crippen LogP contribution in [-0.4, -0.2) is 11.7 Å². The van der Waals surface area contributed by atoms with E-state index in [9.17, 15) is 0 Å². The average molecular weight is 248 g/mol. The van der Waals surface area contributed by atoms with Gasteiger partial charge in [0.05, 0.1) is 6.61 Å². The van der Waals surface area contributed by atoms with Crippen LogP contribution in [0.1, 0.15) is 5.56 Å². The third kappa shape index (κ3) is 2.63. The Morgan fingerprint density at radius 2 is 2.25 bits per heavy atom. The van der Waals surface area contributed by atoms with E-state index in [0.717, 1.165) is 10.0 Å². The number of hydrogen-bond donors (Lipinski definition) is 1. The van der Waals surface area contributed by atoms with E-state index in [4.69, 9.17) is 16.7 Å². The molecule has 1 N–H and O–H groups in total. The Morgan fingerprint density at radius 1 is 1.50 bits per heavy atom. The second-order valence-corrected chi connectivity index (χ2v) is 3.54. The van der Waals surface area contributed by atoms with E-state index in [1.807, 2.05) is 24.3 Å². The van der Waals surface area contributed by atoms with Gasteiger partial charge >= 0.3 is 0 Å². The van der Waals surface area contributed by atoms with Crippen LogP contribution < -0.4 is 0 Å². The lowest BCUT2D eigenvalue weighted by Crippen LogP contribution is -1.77. The molecule has 1 rings (SSSR count). The molecule has 0 atom stereocenters. The molecule has 0 saturated carbocycles. The second-order valence-electron chi connectivity index (χ2n) is 2.25. The largest absolute Gasteiger partial charge is 0.392 e. The third-order valence-electron chi connectivity index (χ3n) is 1.36. The molecule has 0 heterocycles. The Morgan fingerprint density at radius 3 is 2.92 bits per heavy atom. The molecule has 0 aliphatic heterocycles. The fourth-order valence-electron chi connectivity index (χ4n) is 0.822. The van der Waals surface area contributed by atoms with Crippen molar-refractivity contribution in [2.24, 2.45) is 0 Å². The van der Waals surface area contributed by atoms with Crippen molar-refractivity contribution in [3.8, 4) is 0 Å². The fourth-order valence-corrected chi connectivity index (χ4v) is 1.38. The first-order chi connectivity index (χ1) is 5.74. The van der Waals surface area contributed by atoms with Crippen LogP contribution in [0, 0.1) is 0 Å². The van der Waals surface area contributed by atoms with Gasteiger partial charge in [-0.25, -0.2) is 0 Å². The molecule has 1 nitrogen and oxygen atoms in total. The van der Waals surface area contributed by atoms with Crippen LogP contribution >= 0.6 is 27.5 Å². The first kappa shape index (κ1) is 9.78. The number of benzene rings is 1. The van der Waals surface area contributed by atoms with Gasteiger partial charge in [-0.1, -0.05) is 39.7 Å². The zero-order chi connectivity index (χ0) is 8.97. The number of aliphatic hydroxyl groups is 1. The summed E-state index contributed by atoms with van der Waals surface area (Å²) in [6.07, 6.45) is 3.48. The number of rotatable bonds is 2. The summed E-state index contributed by atoms with van der Waals surface area (Å²) in [6, 6.07) is 5.51. The highest BCUT2D eigenvalue weighted by Gasteiger charge is 1.95. The summed E-state index contributed by atoms with van der Waals surface area (Å²) in [6.45, 7) is 0.0406. The Bertz CT molecular complexity index is 297. The Labute approximate surface area is 84.8 Å². The molecule has 0 aliphatic rings. The van der Waals surface area contributed by atoms with E-state index in [1.54, 1.807) is 6.08 Å². The van der Waals surface area contributed by atoms with Gasteiger partial charge in [-0.3, -0.25) is 0 Å². The second kappa shape index (κ2) is 4.65. The van der Waals surface area contributed by atoms with Crippen LogP contribution in [0.3, 0.4) is 0 Å². The van der Waals surface area contributed by atoms with E-state index in [-0.39, 0.29) is 6.61 Å². The maximum Gasteiger partial charge on any atom is 0.0615 e. The number of halogens is 2. The normalized spacial score (nSPS) is 10.9. The highest BCUT2D eigenvalue weighted by atomic mass is 79.9. The van der Waals surface area contributed by atoms with E-state index in [0.29, 0.717) is 5.02 Å². The third-order valence-corrected chi connectivity index (χ3v) is 2.32. The first-order valence-electron chi connectivity index (χ1n) is 3.46. The molecule has 0 bridgehead atoms. The minimum Gasteiger partial charge on any atom is -0.392 e. The molecule has 0 amide bonds. The van der Waals surface area contributed by atoms with Crippen LogP contribution in [0.25, 0.3) is 6.08 Å². The van der Waals surface area contributed by atoms with Crippen LogP contribution in [-0.2, 0) is 0 Å². The molecular weight excluding hydrogens is 239 g/mol. The van der Waals surface area contributed by atoms with Crippen LogP contribution in [0.15, 0.2) is 28.7 Å². The van der Waals surface area contributed by atoms with Crippen molar-refractivity contribution < 1.29 is 5.11 Å². The van der Waals surface area contributed by atoms with Gasteiger partial charge in [0.2, 0.25) is 0 Å². The van der Waals surface area contributed by atoms with E-state index in [2.05, 4.69) is 15.9 Å². The van der Waals surface area contributed by atoms with Crippen LogP contribution in [0.2, 0.25) is 5.02 Å². The summed E-state index contributed by atoms with van der Waals surface area (Å²) >= 11 is 9.15. The molecule has 1 aromatic carbocycles. The molecule has 0 aromatic heterocycles. The van der Waals surface area contributed by atoms with E-state index < -0.39 is 0 Å². The summed E-state index contributed by atoms with van der Waals surface area (Å²) in [7, 11) is 0. The fraction of sp³-hybridized carbons (Fsp3) is 0.111.